The Kier molecular flexibility index (Phi) is 6.21. The lowest BCUT2D eigenvalue weighted by molar-refractivity contribution is -0.0683. The Balaban J connectivity index is 2.70. The predicted octanol–water partition coefficient (Wildman–Crippen LogP) is 3.80. The summed E-state index contributed by atoms with van der Waals surface area (Å²) in [5.74, 6) is 0. The summed E-state index contributed by atoms with van der Waals surface area (Å²) in [6, 6.07) is 0.119. The smallest absolute Gasteiger partial charge is 0.0835 e. The maximum atomic E-state index is 6.43. The van der Waals surface area contributed by atoms with E-state index >= 15 is 0 Å². The highest BCUT2D eigenvalue weighted by Crippen LogP contribution is 2.34. The molecule has 0 aromatic heterocycles. The van der Waals surface area contributed by atoms with E-state index in [1.54, 1.807) is 0 Å². The summed E-state index contributed by atoms with van der Waals surface area (Å²) >= 11 is 0. The first-order valence-corrected chi connectivity index (χ1v) is 7.21. The van der Waals surface area contributed by atoms with Crippen LogP contribution in [0.1, 0.15) is 65.2 Å². The summed E-state index contributed by atoms with van der Waals surface area (Å²) in [5, 5.41) is 0. The molecule has 1 aliphatic carbocycles. The van der Waals surface area contributed by atoms with Gasteiger partial charge >= 0.3 is 0 Å². The van der Waals surface area contributed by atoms with E-state index < -0.39 is 0 Å². The molecule has 0 heterocycles. The maximum absolute atomic E-state index is 6.43. The van der Waals surface area contributed by atoms with Gasteiger partial charge in [0.25, 0.3) is 0 Å². The fourth-order valence-electron chi connectivity index (χ4n) is 2.88. The molecule has 0 aromatic rings. The van der Waals surface area contributed by atoms with Crippen LogP contribution < -0.4 is 5.73 Å². The lowest BCUT2D eigenvalue weighted by Gasteiger charge is -2.38. The molecule has 1 atom stereocenters. The monoisotopic (exact) mass is 239 g/mol. The van der Waals surface area contributed by atoms with Gasteiger partial charge in [-0.15, -0.1) is 0 Å². The average Bonchev–Trinajstić information content (AvgIpc) is 2.56. The van der Waals surface area contributed by atoms with Crippen molar-refractivity contribution in [2.75, 3.05) is 6.61 Å². The second-order valence-electron chi connectivity index (χ2n) is 5.33. The van der Waals surface area contributed by atoms with Gasteiger partial charge in [-0.05, 0) is 32.6 Å². The Morgan fingerprint density at radius 3 is 2.29 bits per heavy atom. The molecule has 2 nitrogen and oxygen atoms in total. The zero-order chi connectivity index (χ0) is 12.7. The predicted molar refractivity (Wildman–Crippen MR) is 74.1 cm³/mol. The van der Waals surface area contributed by atoms with Gasteiger partial charge in [0.15, 0.2) is 0 Å². The normalized spacial score (nSPS) is 21.8. The van der Waals surface area contributed by atoms with Crippen molar-refractivity contribution >= 4 is 0 Å². The van der Waals surface area contributed by atoms with Gasteiger partial charge in [0, 0.05) is 12.6 Å². The second-order valence-corrected chi connectivity index (χ2v) is 5.33. The van der Waals surface area contributed by atoms with Crippen LogP contribution in [0.3, 0.4) is 0 Å². The van der Waals surface area contributed by atoms with Gasteiger partial charge < -0.3 is 10.5 Å². The second kappa shape index (κ2) is 7.17. The van der Waals surface area contributed by atoms with E-state index in [4.69, 9.17) is 10.5 Å². The third-order valence-corrected chi connectivity index (χ3v) is 4.07. The molecule has 0 spiro atoms. The van der Waals surface area contributed by atoms with Gasteiger partial charge in [0.05, 0.1) is 5.60 Å². The fourth-order valence-corrected chi connectivity index (χ4v) is 2.88. The van der Waals surface area contributed by atoms with Crippen LogP contribution in [0.4, 0.5) is 0 Å². The summed E-state index contributed by atoms with van der Waals surface area (Å²) in [5.41, 5.74) is 7.60. The van der Waals surface area contributed by atoms with E-state index in [1.165, 1.54) is 31.3 Å². The van der Waals surface area contributed by atoms with Crippen LogP contribution in [0.15, 0.2) is 12.2 Å². The lowest BCUT2D eigenvalue weighted by atomic mass is 9.83. The summed E-state index contributed by atoms with van der Waals surface area (Å²) in [6.45, 7) is 9.08. The summed E-state index contributed by atoms with van der Waals surface area (Å²) in [7, 11) is 0. The zero-order valence-corrected chi connectivity index (χ0v) is 11.6. The molecular weight excluding hydrogens is 210 g/mol. The van der Waals surface area contributed by atoms with E-state index in [-0.39, 0.29) is 11.6 Å². The van der Waals surface area contributed by atoms with Crippen LogP contribution in [0.2, 0.25) is 0 Å². The molecule has 17 heavy (non-hydrogen) atoms. The Morgan fingerprint density at radius 1 is 1.24 bits per heavy atom. The molecule has 1 aliphatic rings. The first-order valence-electron chi connectivity index (χ1n) is 7.21. The molecule has 0 saturated heterocycles. The van der Waals surface area contributed by atoms with Crippen molar-refractivity contribution in [1.29, 1.82) is 0 Å². The molecule has 0 aromatic carbocycles. The Hall–Kier alpha value is -0.340. The third kappa shape index (κ3) is 4.11. The maximum Gasteiger partial charge on any atom is 0.0835 e. The van der Waals surface area contributed by atoms with Gasteiger partial charge in [-0.25, -0.2) is 0 Å². The van der Waals surface area contributed by atoms with E-state index in [0.717, 1.165) is 32.3 Å². The first-order chi connectivity index (χ1) is 8.14. The van der Waals surface area contributed by atoms with Crippen LogP contribution >= 0.6 is 0 Å². The van der Waals surface area contributed by atoms with E-state index in [9.17, 15) is 0 Å². The van der Waals surface area contributed by atoms with Crippen molar-refractivity contribution in [3.8, 4) is 0 Å². The number of rotatable bonds is 6. The van der Waals surface area contributed by atoms with E-state index in [1.807, 2.05) is 0 Å². The minimum Gasteiger partial charge on any atom is -0.374 e. The first kappa shape index (κ1) is 14.7. The van der Waals surface area contributed by atoms with Gasteiger partial charge in [-0.1, -0.05) is 44.8 Å². The van der Waals surface area contributed by atoms with Gasteiger partial charge in [-0.3, -0.25) is 0 Å². The molecule has 100 valence electrons. The van der Waals surface area contributed by atoms with Crippen LogP contribution in [0.25, 0.3) is 0 Å². The Bertz CT molecular complexity index is 229. The van der Waals surface area contributed by atoms with Gasteiger partial charge in [-0.2, -0.15) is 0 Å². The Labute approximate surface area is 107 Å². The molecule has 0 aliphatic heterocycles. The molecular formula is C15H29NO. The number of nitrogens with two attached hydrogens (primary N) is 1. The van der Waals surface area contributed by atoms with Crippen molar-refractivity contribution in [2.45, 2.75) is 76.9 Å². The van der Waals surface area contributed by atoms with E-state index in [2.05, 4.69) is 20.4 Å². The lowest BCUT2D eigenvalue weighted by Crippen LogP contribution is -2.50. The average molecular weight is 239 g/mol. The zero-order valence-electron chi connectivity index (χ0n) is 11.6. The highest BCUT2D eigenvalue weighted by atomic mass is 16.5. The quantitative estimate of drug-likeness (QED) is 0.565. The molecule has 1 rings (SSSR count). The molecule has 1 saturated carbocycles. The standard InChI is InChI=1S/C15H29NO/c1-4-13(3)12-14(16)15(17-5-2)10-8-6-7-9-11-15/h14H,3-12,16H2,1-2H3. The molecule has 2 heteroatoms. The minimum absolute atomic E-state index is 0.0800. The molecule has 1 unspecified atom stereocenters. The van der Waals surface area contributed by atoms with Crippen molar-refractivity contribution in [3.63, 3.8) is 0 Å². The summed E-state index contributed by atoms with van der Waals surface area (Å²) in [6.07, 6.45) is 9.36. The highest BCUT2D eigenvalue weighted by Gasteiger charge is 2.37. The number of hydrogen-bond acceptors (Lipinski definition) is 2. The minimum atomic E-state index is -0.0800. The van der Waals surface area contributed by atoms with Crippen molar-refractivity contribution < 1.29 is 4.74 Å². The number of hydrogen-bond donors (Lipinski definition) is 1. The van der Waals surface area contributed by atoms with Crippen LogP contribution in [-0.2, 0) is 4.74 Å². The van der Waals surface area contributed by atoms with Crippen LogP contribution in [0.5, 0.6) is 0 Å². The molecule has 0 radical (unpaired) electrons. The fraction of sp³-hybridized carbons (Fsp3) is 0.867. The third-order valence-electron chi connectivity index (χ3n) is 4.07. The van der Waals surface area contributed by atoms with Gasteiger partial charge in [0.2, 0.25) is 0 Å². The number of ether oxygens (including phenoxy) is 1. The van der Waals surface area contributed by atoms with Crippen LogP contribution in [-0.4, -0.2) is 18.2 Å². The van der Waals surface area contributed by atoms with Crippen molar-refractivity contribution in [3.05, 3.63) is 12.2 Å². The molecule has 0 bridgehead atoms. The molecule has 2 N–H and O–H groups in total. The molecule has 0 amide bonds. The highest BCUT2D eigenvalue weighted by molar-refractivity contribution is 5.03. The van der Waals surface area contributed by atoms with Crippen LogP contribution in [0, 0.1) is 0 Å². The molecule has 1 fully saturated rings. The van der Waals surface area contributed by atoms with Crippen molar-refractivity contribution in [2.24, 2.45) is 5.73 Å². The SMILES string of the molecule is C=C(CC)CC(N)C1(OCC)CCCCCC1. The van der Waals surface area contributed by atoms with E-state index in [0.29, 0.717) is 0 Å². The summed E-state index contributed by atoms with van der Waals surface area (Å²) < 4.78 is 6.09. The Morgan fingerprint density at radius 2 is 1.82 bits per heavy atom. The van der Waals surface area contributed by atoms with Crippen molar-refractivity contribution in [1.82, 2.24) is 0 Å². The van der Waals surface area contributed by atoms with Gasteiger partial charge in [0.1, 0.15) is 0 Å². The largest absolute Gasteiger partial charge is 0.374 e. The summed E-state index contributed by atoms with van der Waals surface area (Å²) in [4.78, 5) is 0. The topological polar surface area (TPSA) is 35.2 Å².